The number of halogens is 1. The monoisotopic (exact) mass is 488 g/mol. The third-order valence-corrected chi connectivity index (χ3v) is 10.5. The SMILES string of the molecule is COC(=O)/C=C/C[C@@H](CO[Si](c1ccccc1)(c1ccccc1)C(C)(C)C)OC(=O)C(C)Cl. The molecule has 0 radical (unpaired) electrons. The van der Waals surface area contributed by atoms with Crippen molar-refractivity contribution in [1.29, 1.82) is 0 Å². The zero-order valence-corrected chi connectivity index (χ0v) is 21.7. The second kappa shape index (κ2) is 12.2. The van der Waals surface area contributed by atoms with Crippen LogP contribution in [0, 0.1) is 0 Å². The maximum Gasteiger partial charge on any atom is 0.330 e. The highest BCUT2D eigenvalue weighted by molar-refractivity contribution is 6.99. The second-order valence-corrected chi connectivity index (χ2v) is 13.8. The predicted molar refractivity (Wildman–Crippen MR) is 135 cm³/mol. The van der Waals surface area contributed by atoms with E-state index in [0.29, 0.717) is 6.42 Å². The van der Waals surface area contributed by atoms with E-state index >= 15 is 0 Å². The van der Waals surface area contributed by atoms with E-state index in [1.807, 2.05) is 36.4 Å². The molecule has 2 atom stereocenters. The van der Waals surface area contributed by atoms with E-state index in [2.05, 4.69) is 49.8 Å². The molecule has 7 heteroatoms. The second-order valence-electron chi connectivity index (χ2n) is 8.81. The average Bonchev–Trinajstić information content (AvgIpc) is 2.79. The lowest BCUT2D eigenvalue weighted by Crippen LogP contribution is -2.67. The standard InChI is InChI=1S/C26H33ClO5Si/c1-20(27)25(29)32-21(13-12-18-24(28)30-5)19-31-33(26(2,3)4,22-14-8-6-9-15-22)23-16-10-7-11-17-23/h6-12,14-18,20-21H,13,19H2,1-5H3/b18-12+/t20?,21-/m0/s1. The van der Waals surface area contributed by atoms with Crippen LogP contribution in [-0.2, 0) is 23.5 Å². The Labute approximate surface area is 202 Å². The van der Waals surface area contributed by atoms with E-state index in [4.69, 9.17) is 20.8 Å². The van der Waals surface area contributed by atoms with Gasteiger partial charge < -0.3 is 13.9 Å². The number of hydrogen-bond donors (Lipinski definition) is 0. The largest absolute Gasteiger partial charge is 0.466 e. The molecule has 0 amide bonds. The Morgan fingerprint density at radius 1 is 1.00 bits per heavy atom. The highest BCUT2D eigenvalue weighted by atomic mass is 35.5. The van der Waals surface area contributed by atoms with Gasteiger partial charge in [-0.2, -0.15) is 0 Å². The van der Waals surface area contributed by atoms with Gasteiger partial charge in [0.05, 0.1) is 13.7 Å². The summed E-state index contributed by atoms with van der Waals surface area (Å²) in [6.45, 7) is 8.26. The van der Waals surface area contributed by atoms with Crippen LogP contribution in [-0.4, -0.2) is 45.5 Å². The lowest BCUT2D eigenvalue weighted by molar-refractivity contribution is -0.149. The first-order valence-corrected chi connectivity index (χ1v) is 13.3. The van der Waals surface area contributed by atoms with Crippen molar-refractivity contribution in [2.45, 2.75) is 50.6 Å². The zero-order chi connectivity index (χ0) is 24.5. The Bertz CT molecular complexity index is 883. The number of ether oxygens (including phenoxy) is 2. The maximum atomic E-state index is 12.3. The van der Waals surface area contributed by atoms with Gasteiger partial charge in [-0.05, 0) is 22.3 Å². The highest BCUT2D eigenvalue weighted by Crippen LogP contribution is 2.37. The van der Waals surface area contributed by atoms with Gasteiger partial charge in [0.25, 0.3) is 8.32 Å². The van der Waals surface area contributed by atoms with Crippen LogP contribution >= 0.6 is 11.6 Å². The molecule has 0 aliphatic heterocycles. The van der Waals surface area contributed by atoms with Gasteiger partial charge in [-0.1, -0.05) is 87.5 Å². The summed E-state index contributed by atoms with van der Waals surface area (Å²) < 4.78 is 17.1. The summed E-state index contributed by atoms with van der Waals surface area (Å²) in [5.41, 5.74) is 0. The molecule has 2 rings (SSSR count). The number of hydrogen-bond acceptors (Lipinski definition) is 5. The molecule has 0 bridgehead atoms. The molecule has 33 heavy (non-hydrogen) atoms. The molecule has 0 heterocycles. The molecule has 0 saturated carbocycles. The maximum absolute atomic E-state index is 12.3. The van der Waals surface area contributed by atoms with Gasteiger partial charge in [0.15, 0.2) is 0 Å². The predicted octanol–water partition coefficient (Wildman–Crippen LogP) is 4.22. The van der Waals surface area contributed by atoms with Crippen LogP contribution in [0.1, 0.15) is 34.1 Å². The molecule has 0 aliphatic carbocycles. The molecule has 0 fully saturated rings. The first-order valence-electron chi connectivity index (χ1n) is 11.0. The van der Waals surface area contributed by atoms with Crippen molar-refractivity contribution in [3.05, 3.63) is 72.8 Å². The number of rotatable bonds is 10. The van der Waals surface area contributed by atoms with Gasteiger partial charge in [-0.3, -0.25) is 4.79 Å². The van der Waals surface area contributed by atoms with Crippen molar-refractivity contribution < 1.29 is 23.5 Å². The van der Waals surface area contributed by atoms with Gasteiger partial charge in [0, 0.05) is 12.5 Å². The lowest BCUT2D eigenvalue weighted by Gasteiger charge is -2.43. The van der Waals surface area contributed by atoms with Crippen LogP contribution < -0.4 is 10.4 Å². The molecule has 0 N–H and O–H groups in total. The van der Waals surface area contributed by atoms with Gasteiger partial charge in [-0.25, -0.2) is 4.79 Å². The third kappa shape index (κ3) is 7.03. The minimum Gasteiger partial charge on any atom is -0.466 e. The summed E-state index contributed by atoms with van der Waals surface area (Å²) in [5, 5.41) is 1.26. The fourth-order valence-electron chi connectivity index (χ4n) is 3.77. The fourth-order valence-corrected chi connectivity index (χ4v) is 8.41. The first-order chi connectivity index (χ1) is 15.6. The number of methoxy groups -OCH3 is 1. The van der Waals surface area contributed by atoms with Gasteiger partial charge in [0.1, 0.15) is 11.5 Å². The summed E-state index contributed by atoms with van der Waals surface area (Å²) >= 11 is 5.93. The third-order valence-electron chi connectivity index (χ3n) is 5.36. The molecule has 1 unspecified atom stereocenters. The molecule has 0 spiro atoms. The van der Waals surface area contributed by atoms with Crippen LogP contribution in [0.3, 0.4) is 0 Å². The summed E-state index contributed by atoms with van der Waals surface area (Å²) in [7, 11) is -1.49. The lowest BCUT2D eigenvalue weighted by atomic mass is 10.2. The Morgan fingerprint density at radius 2 is 1.52 bits per heavy atom. The van der Waals surface area contributed by atoms with Crippen molar-refractivity contribution in [3.63, 3.8) is 0 Å². The van der Waals surface area contributed by atoms with Gasteiger partial charge in [-0.15, -0.1) is 11.6 Å². The molecular weight excluding hydrogens is 456 g/mol. The molecule has 0 aromatic heterocycles. The summed E-state index contributed by atoms with van der Waals surface area (Å²) in [6.07, 6.45) is 2.62. The van der Waals surface area contributed by atoms with Crippen molar-refractivity contribution in [3.8, 4) is 0 Å². The molecule has 178 valence electrons. The minimum absolute atomic E-state index is 0.161. The fraction of sp³-hybridized carbons (Fsp3) is 0.385. The van der Waals surface area contributed by atoms with Crippen LogP contribution in [0.15, 0.2) is 72.8 Å². The van der Waals surface area contributed by atoms with E-state index in [-0.39, 0.29) is 11.6 Å². The van der Waals surface area contributed by atoms with Crippen molar-refractivity contribution in [2.24, 2.45) is 0 Å². The summed E-state index contributed by atoms with van der Waals surface area (Å²) in [5.74, 6) is -1.00. The number of benzene rings is 2. The van der Waals surface area contributed by atoms with Crippen LogP contribution in [0.2, 0.25) is 5.04 Å². The molecular formula is C26H33ClO5Si. The Hall–Kier alpha value is -2.41. The number of carbonyl (C=O) groups excluding carboxylic acids is 2. The van der Waals surface area contributed by atoms with Crippen LogP contribution in [0.4, 0.5) is 0 Å². The quantitative estimate of drug-likeness (QED) is 0.217. The summed E-state index contributed by atoms with van der Waals surface area (Å²) in [4.78, 5) is 23.7. The van der Waals surface area contributed by atoms with E-state index in [0.717, 1.165) is 10.4 Å². The molecule has 2 aromatic carbocycles. The Kier molecular flexibility index (Phi) is 9.89. The van der Waals surface area contributed by atoms with E-state index in [1.54, 1.807) is 13.0 Å². The molecule has 5 nitrogen and oxygen atoms in total. The van der Waals surface area contributed by atoms with Crippen LogP contribution in [0.25, 0.3) is 0 Å². The summed E-state index contributed by atoms with van der Waals surface area (Å²) in [6, 6.07) is 20.4. The van der Waals surface area contributed by atoms with Crippen LogP contribution in [0.5, 0.6) is 0 Å². The number of carbonyl (C=O) groups is 2. The highest BCUT2D eigenvalue weighted by Gasteiger charge is 2.50. The van der Waals surface area contributed by atoms with E-state index in [9.17, 15) is 9.59 Å². The topological polar surface area (TPSA) is 61.8 Å². The average molecular weight is 489 g/mol. The Balaban J connectivity index is 2.44. The number of esters is 2. The van der Waals surface area contributed by atoms with Gasteiger partial charge >= 0.3 is 11.9 Å². The number of alkyl halides is 1. The smallest absolute Gasteiger partial charge is 0.330 e. The molecule has 2 aromatic rings. The molecule has 0 saturated heterocycles. The van der Waals surface area contributed by atoms with Gasteiger partial charge in [0.2, 0.25) is 0 Å². The van der Waals surface area contributed by atoms with Crippen molar-refractivity contribution in [1.82, 2.24) is 0 Å². The molecule has 0 aliphatic rings. The van der Waals surface area contributed by atoms with E-state index < -0.39 is 31.7 Å². The van der Waals surface area contributed by atoms with Crippen molar-refractivity contribution in [2.75, 3.05) is 13.7 Å². The normalized spacial score (nSPS) is 14.0. The zero-order valence-electron chi connectivity index (χ0n) is 19.9. The first kappa shape index (κ1) is 26.8. The minimum atomic E-state index is -2.80. The Morgan fingerprint density at radius 3 is 1.94 bits per heavy atom. The van der Waals surface area contributed by atoms with E-state index in [1.165, 1.54) is 13.2 Å². The van der Waals surface area contributed by atoms with Crippen molar-refractivity contribution >= 4 is 42.2 Å².